The summed E-state index contributed by atoms with van der Waals surface area (Å²) < 4.78 is 17.7. The van der Waals surface area contributed by atoms with E-state index in [1.165, 1.54) is 44.6 Å². The van der Waals surface area contributed by atoms with Crippen molar-refractivity contribution >= 4 is 35.2 Å². The van der Waals surface area contributed by atoms with Gasteiger partial charge in [0.2, 0.25) is 12.1 Å². The predicted molar refractivity (Wildman–Crippen MR) is 212 cm³/mol. The quantitative estimate of drug-likeness (QED) is 0.0445. The molecule has 0 radical (unpaired) electrons. The molecule has 7 unspecified atom stereocenters. The van der Waals surface area contributed by atoms with Gasteiger partial charge in [0.05, 0.1) is 30.9 Å². The zero-order chi connectivity index (χ0) is 43.8. The van der Waals surface area contributed by atoms with E-state index in [4.69, 9.17) is 25.7 Å². The third-order valence-electron chi connectivity index (χ3n) is 11.3. The van der Waals surface area contributed by atoms with Gasteiger partial charge in [-0.25, -0.2) is 4.98 Å². The molecule has 3 aromatic rings. The van der Waals surface area contributed by atoms with Crippen molar-refractivity contribution in [3.63, 3.8) is 0 Å². The van der Waals surface area contributed by atoms with Gasteiger partial charge < -0.3 is 61.6 Å². The number of carbonyl (C=O) groups excluding carboxylic acids is 4. The van der Waals surface area contributed by atoms with E-state index in [0.717, 1.165) is 17.1 Å². The summed E-state index contributed by atoms with van der Waals surface area (Å²) in [5, 5.41) is 70.6. The number of guanidine groups is 1. The number of amides is 2. The number of pyridine rings is 1. The molecule has 2 amide bonds. The third-order valence-corrected chi connectivity index (χ3v) is 11.3. The number of rotatable bonds is 14. The number of aliphatic hydroxyl groups is 5. The summed E-state index contributed by atoms with van der Waals surface area (Å²) in [5.74, 6) is -4.42. The number of aromatic nitrogens is 1. The number of hydrogen-bond acceptors (Lipinski definition) is 16. The van der Waals surface area contributed by atoms with E-state index in [-0.39, 0.29) is 77.1 Å². The Balaban J connectivity index is 1.40. The van der Waals surface area contributed by atoms with Crippen LogP contribution in [0.1, 0.15) is 85.8 Å². The molecule has 1 fully saturated rings. The van der Waals surface area contributed by atoms with E-state index >= 15 is 0 Å². The lowest BCUT2D eigenvalue weighted by molar-refractivity contribution is -0.315. The number of imide groups is 1. The van der Waals surface area contributed by atoms with E-state index in [9.17, 15) is 49.8 Å². The molecule has 0 saturated carbocycles. The lowest BCUT2D eigenvalue weighted by Gasteiger charge is -2.49. The summed E-state index contributed by atoms with van der Waals surface area (Å²) >= 11 is 0. The molecule has 3 heterocycles. The fraction of sp³-hybridized carbons (Fsp3) is 0.415. The van der Waals surface area contributed by atoms with Crippen LogP contribution < -0.4 is 26.3 Å². The number of ketones is 2. The third kappa shape index (κ3) is 7.66. The molecular weight excluding hydrogens is 784 g/mol. The molecule has 2 aliphatic heterocycles. The highest BCUT2D eigenvalue weighted by atomic mass is 16.7. The number of nitrogens with two attached hydrogens (primary N) is 2. The van der Waals surface area contributed by atoms with Crippen molar-refractivity contribution < 1.29 is 64.0 Å². The Morgan fingerprint density at radius 3 is 2.37 bits per heavy atom. The van der Waals surface area contributed by atoms with Crippen LogP contribution >= 0.6 is 0 Å². The first kappa shape index (κ1) is 43.6. The molecule has 60 heavy (non-hydrogen) atoms. The van der Waals surface area contributed by atoms with Crippen LogP contribution in [0.25, 0.3) is 0 Å². The van der Waals surface area contributed by atoms with Crippen LogP contribution in [0.4, 0.5) is 5.82 Å². The van der Waals surface area contributed by atoms with Gasteiger partial charge in [-0.1, -0.05) is 6.92 Å². The van der Waals surface area contributed by atoms with E-state index in [1.54, 1.807) is 13.8 Å². The Kier molecular flexibility index (Phi) is 12.6. The highest BCUT2D eigenvalue weighted by Crippen LogP contribution is 2.47. The van der Waals surface area contributed by atoms with Crippen molar-refractivity contribution in [2.24, 2.45) is 10.7 Å². The van der Waals surface area contributed by atoms with Crippen molar-refractivity contribution in [2.45, 2.75) is 75.3 Å². The Bertz CT molecular complexity index is 2260. The maximum absolute atomic E-state index is 14.7. The molecule has 1 aromatic heterocycles. The van der Waals surface area contributed by atoms with Gasteiger partial charge in [0.25, 0.3) is 11.8 Å². The van der Waals surface area contributed by atoms with Crippen LogP contribution in [0.2, 0.25) is 0 Å². The number of aromatic hydroxyl groups is 1. The molecule has 2 aromatic carbocycles. The number of hydrogen-bond donors (Lipinski definition) is 9. The number of fused-ring (bicyclic) bond motifs is 2. The number of aliphatic hydroxyl groups excluding tert-OH is 4. The summed E-state index contributed by atoms with van der Waals surface area (Å²) in [6.45, 7) is 1.78. The van der Waals surface area contributed by atoms with Gasteiger partial charge in [0, 0.05) is 72.8 Å². The van der Waals surface area contributed by atoms with Gasteiger partial charge >= 0.3 is 0 Å². The van der Waals surface area contributed by atoms with Crippen LogP contribution in [0, 0.1) is 6.92 Å². The number of aliphatic imine (C=N–C) groups is 1. The molecule has 19 heteroatoms. The molecule has 11 N–H and O–H groups in total. The molecule has 0 bridgehead atoms. The van der Waals surface area contributed by atoms with Gasteiger partial charge in [-0.15, -0.1) is 0 Å². The highest BCUT2D eigenvalue weighted by Gasteiger charge is 2.57. The number of nitrogens with one attached hydrogen (secondary N) is 1. The average Bonchev–Trinajstić information content (AvgIpc) is 3.54. The number of ether oxygens (including phenoxy) is 3. The van der Waals surface area contributed by atoms with E-state index in [0.29, 0.717) is 16.7 Å². The van der Waals surface area contributed by atoms with Gasteiger partial charge in [0.1, 0.15) is 47.0 Å². The van der Waals surface area contributed by atoms with Gasteiger partial charge in [-0.3, -0.25) is 29.1 Å². The number of nitrogen functional groups attached to an aromatic ring is 1. The predicted octanol–water partition coefficient (Wildman–Crippen LogP) is -0.370. The summed E-state index contributed by atoms with van der Waals surface area (Å²) in [7, 11) is 2.77. The van der Waals surface area contributed by atoms with E-state index in [1.807, 2.05) is 0 Å². The standard InChI is InChI=1S/C41H48N6O13/c1-5-21-24(58-4)14-25(33-31(21)34(52)22-12-18(2)30(35(53)32(22)36(33)54)23(9-11-48)46-40(43)44-3)59-39-37(55)38(56)41(57,26(17-49)60-39)15-20(19-8-10-45-27(42)13-19)16-47-28(50)6-7-29(47)51/h6-8,10,12-14,20,23,26,37-39,48-49,53,55-57H,5,9,11,15-17H2,1-4H3,(H2,42,45)(H3,43,44,46). The largest absolute Gasteiger partial charge is 0.507 e. The molecule has 0 spiro atoms. The Morgan fingerprint density at radius 1 is 1.07 bits per heavy atom. The molecule has 6 rings (SSSR count). The zero-order valence-corrected chi connectivity index (χ0v) is 33.3. The lowest BCUT2D eigenvalue weighted by Crippen LogP contribution is -2.68. The maximum atomic E-state index is 14.7. The summed E-state index contributed by atoms with van der Waals surface area (Å²) in [6.07, 6.45) is -4.54. The second kappa shape index (κ2) is 17.3. The van der Waals surface area contributed by atoms with Gasteiger partial charge in [0.15, 0.2) is 11.7 Å². The second-order valence-electron chi connectivity index (χ2n) is 14.8. The smallest absolute Gasteiger partial charge is 0.253 e. The molecule has 19 nitrogen and oxygen atoms in total. The highest BCUT2D eigenvalue weighted by molar-refractivity contribution is 6.31. The number of phenolic OH excluding ortho intramolecular Hbond substituents is 1. The molecule has 1 aliphatic carbocycles. The Morgan fingerprint density at radius 2 is 1.77 bits per heavy atom. The van der Waals surface area contributed by atoms with Crippen LogP contribution in [-0.4, -0.2) is 134 Å². The number of benzene rings is 2. The van der Waals surface area contributed by atoms with Gasteiger partial charge in [-0.2, -0.15) is 0 Å². The number of aryl methyl sites for hydroxylation is 1. The van der Waals surface area contributed by atoms with Crippen molar-refractivity contribution in [1.29, 1.82) is 0 Å². The first-order valence-corrected chi connectivity index (χ1v) is 19.1. The first-order valence-electron chi connectivity index (χ1n) is 19.1. The zero-order valence-electron chi connectivity index (χ0n) is 33.3. The van der Waals surface area contributed by atoms with Crippen LogP contribution in [0.3, 0.4) is 0 Å². The van der Waals surface area contributed by atoms with E-state index < -0.39 is 84.3 Å². The van der Waals surface area contributed by atoms with Crippen molar-refractivity contribution in [2.75, 3.05) is 39.6 Å². The minimum absolute atomic E-state index is 0.0129. The van der Waals surface area contributed by atoms with Crippen LogP contribution in [-0.2, 0) is 20.7 Å². The Hall–Kier alpha value is -5.96. The number of methoxy groups -OCH3 is 1. The number of carbonyl (C=O) groups is 4. The monoisotopic (exact) mass is 832 g/mol. The SMILES string of the molecule is CCc1c(OC)cc(OC2OC(CO)C(O)(CC(CN3C(=O)C=CC3=O)c3ccnc(N)c3)C(O)C2O)c2c1C(=O)c1cc(C)c(C(CCO)NC(N)=NC)c(O)c1C2=O. The Labute approximate surface area is 343 Å². The van der Waals surface area contributed by atoms with E-state index in [2.05, 4.69) is 15.3 Å². The first-order chi connectivity index (χ1) is 28.5. The van der Waals surface area contributed by atoms with Crippen LogP contribution in [0.15, 0.2) is 47.6 Å². The number of anilines is 1. The summed E-state index contributed by atoms with van der Waals surface area (Å²) in [4.78, 5) is 63.1. The fourth-order valence-electron chi connectivity index (χ4n) is 8.27. The number of nitrogens with zero attached hydrogens (tertiary/aromatic N) is 3. The molecule has 7 atom stereocenters. The molecular formula is C41H48N6O13. The lowest BCUT2D eigenvalue weighted by atomic mass is 9.75. The summed E-state index contributed by atoms with van der Waals surface area (Å²) in [5.41, 5.74) is 9.78. The normalized spacial score (nSPS) is 23.7. The van der Waals surface area contributed by atoms with Crippen LogP contribution in [0.5, 0.6) is 17.2 Å². The van der Waals surface area contributed by atoms with Gasteiger partial charge in [-0.05, 0) is 55.5 Å². The fourth-order valence-corrected chi connectivity index (χ4v) is 8.27. The van der Waals surface area contributed by atoms with Crippen molar-refractivity contribution in [3.05, 3.63) is 87.1 Å². The minimum Gasteiger partial charge on any atom is -0.507 e. The molecule has 1 saturated heterocycles. The topological polar surface area (TPSA) is 310 Å². The minimum atomic E-state index is -2.46. The second-order valence-corrected chi connectivity index (χ2v) is 14.8. The molecule has 3 aliphatic rings. The summed E-state index contributed by atoms with van der Waals surface area (Å²) in [6, 6.07) is 4.88. The van der Waals surface area contributed by atoms with Crippen molar-refractivity contribution in [3.8, 4) is 17.2 Å². The van der Waals surface area contributed by atoms with Crippen molar-refractivity contribution in [1.82, 2.24) is 15.2 Å². The molecule has 320 valence electrons. The maximum Gasteiger partial charge on any atom is 0.253 e. The average molecular weight is 833 g/mol. The number of phenols is 1.